The van der Waals surface area contributed by atoms with Gasteiger partial charge in [-0.2, -0.15) is 9.97 Å². The molecule has 0 bridgehead atoms. The minimum absolute atomic E-state index is 0.317. The van der Waals surface area contributed by atoms with E-state index in [1.165, 1.54) is 21.3 Å². The van der Waals surface area contributed by atoms with Crippen LogP contribution < -0.4 is 9.47 Å². The maximum Gasteiger partial charge on any atom is 0.316 e. The van der Waals surface area contributed by atoms with Crippen LogP contribution in [0.4, 0.5) is 0 Å². The van der Waals surface area contributed by atoms with Crippen molar-refractivity contribution in [3.63, 3.8) is 0 Å². The monoisotopic (exact) mass is 266 g/mol. The van der Waals surface area contributed by atoms with Crippen molar-refractivity contribution in [2.45, 2.75) is 25.2 Å². The van der Waals surface area contributed by atoms with E-state index >= 15 is 0 Å². The first-order valence-corrected chi connectivity index (χ1v) is 6.22. The topological polar surface area (TPSA) is 70.5 Å². The van der Waals surface area contributed by atoms with E-state index in [9.17, 15) is 4.79 Å². The van der Waals surface area contributed by atoms with Crippen LogP contribution in [0, 0.1) is 5.92 Å². The zero-order chi connectivity index (χ0) is 13.8. The summed E-state index contributed by atoms with van der Waals surface area (Å²) in [6, 6.07) is 1.58. The molecule has 0 amide bonds. The van der Waals surface area contributed by atoms with Crippen molar-refractivity contribution in [3.05, 3.63) is 11.9 Å². The smallest absolute Gasteiger partial charge is 0.316 e. The van der Waals surface area contributed by atoms with Gasteiger partial charge in [-0.15, -0.1) is 0 Å². The van der Waals surface area contributed by atoms with Crippen LogP contribution in [0.3, 0.4) is 0 Å². The van der Waals surface area contributed by atoms with Gasteiger partial charge in [0.25, 0.3) is 0 Å². The lowest BCUT2D eigenvalue weighted by Gasteiger charge is -2.14. The fourth-order valence-corrected chi connectivity index (χ4v) is 1.92. The maximum absolute atomic E-state index is 11.9. The van der Waals surface area contributed by atoms with Gasteiger partial charge in [-0.1, -0.05) is 12.8 Å². The SMILES string of the molecule is COC(=O)C(CC1CC1)c1nc(OC)cc(OC)n1. The second-order valence-corrected chi connectivity index (χ2v) is 4.57. The first kappa shape index (κ1) is 13.6. The highest BCUT2D eigenvalue weighted by molar-refractivity contribution is 5.77. The zero-order valence-electron chi connectivity index (χ0n) is 11.4. The predicted octanol–water partition coefficient (Wildman–Crippen LogP) is 1.55. The fourth-order valence-electron chi connectivity index (χ4n) is 1.92. The van der Waals surface area contributed by atoms with E-state index in [-0.39, 0.29) is 5.97 Å². The number of carbonyl (C=O) groups excluding carboxylic acids is 1. The number of carbonyl (C=O) groups is 1. The molecule has 1 atom stereocenters. The zero-order valence-corrected chi connectivity index (χ0v) is 11.4. The Balaban J connectivity index is 2.30. The van der Waals surface area contributed by atoms with Gasteiger partial charge in [-0.05, 0) is 12.3 Å². The molecule has 1 aliphatic carbocycles. The van der Waals surface area contributed by atoms with E-state index in [1.807, 2.05) is 0 Å². The van der Waals surface area contributed by atoms with Crippen LogP contribution in [0.25, 0.3) is 0 Å². The van der Waals surface area contributed by atoms with E-state index in [0.717, 1.165) is 12.8 Å². The maximum atomic E-state index is 11.9. The molecule has 1 heterocycles. The van der Waals surface area contributed by atoms with Gasteiger partial charge in [0.1, 0.15) is 5.92 Å². The molecule has 1 saturated carbocycles. The van der Waals surface area contributed by atoms with Crippen LogP contribution in [-0.2, 0) is 9.53 Å². The highest BCUT2D eigenvalue weighted by Crippen LogP contribution is 2.38. The normalized spacial score (nSPS) is 15.7. The van der Waals surface area contributed by atoms with Crippen molar-refractivity contribution in [2.24, 2.45) is 5.92 Å². The van der Waals surface area contributed by atoms with Crippen LogP contribution in [0.1, 0.15) is 31.0 Å². The van der Waals surface area contributed by atoms with Crippen LogP contribution in [0.15, 0.2) is 6.07 Å². The van der Waals surface area contributed by atoms with Crippen LogP contribution >= 0.6 is 0 Å². The van der Waals surface area contributed by atoms with Crippen molar-refractivity contribution in [1.29, 1.82) is 0 Å². The number of nitrogens with zero attached hydrogens (tertiary/aromatic N) is 2. The predicted molar refractivity (Wildman–Crippen MR) is 67.2 cm³/mol. The molecule has 0 spiro atoms. The molecule has 0 radical (unpaired) electrons. The van der Waals surface area contributed by atoms with Crippen molar-refractivity contribution >= 4 is 5.97 Å². The second kappa shape index (κ2) is 5.86. The number of esters is 1. The van der Waals surface area contributed by atoms with Gasteiger partial charge in [0.05, 0.1) is 27.4 Å². The third kappa shape index (κ3) is 3.33. The third-order valence-electron chi connectivity index (χ3n) is 3.18. The van der Waals surface area contributed by atoms with Gasteiger partial charge < -0.3 is 14.2 Å². The molecule has 104 valence electrons. The first-order chi connectivity index (χ1) is 9.17. The van der Waals surface area contributed by atoms with E-state index in [1.54, 1.807) is 6.07 Å². The average Bonchev–Trinajstić information content (AvgIpc) is 3.27. The minimum atomic E-state index is -0.457. The summed E-state index contributed by atoms with van der Waals surface area (Å²) in [6.07, 6.45) is 3.01. The lowest BCUT2D eigenvalue weighted by molar-refractivity contribution is -0.142. The van der Waals surface area contributed by atoms with Crippen molar-refractivity contribution in [1.82, 2.24) is 9.97 Å². The number of methoxy groups -OCH3 is 3. The Kier molecular flexibility index (Phi) is 4.19. The first-order valence-electron chi connectivity index (χ1n) is 6.22. The molecule has 1 aliphatic rings. The molecule has 1 aromatic heterocycles. The summed E-state index contributed by atoms with van der Waals surface area (Å²) in [7, 11) is 4.40. The molecule has 0 saturated heterocycles. The quantitative estimate of drug-likeness (QED) is 0.727. The van der Waals surface area contributed by atoms with Gasteiger partial charge in [-0.3, -0.25) is 4.79 Å². The van der Waals surface area contributed by atoms with Gasteiger partial charge >= 0.3 is 5.97 Å². The highest BCUT2D eigenvalue weighted by atomic mass is 16.5. The molecule has 0 N–H and O–H groups in total. The lowest BCUT2D eigenvalue weighted by Crippen LogP contribution is -2.18. The molecule has 0 aliphatic heterocycles. The Morgan fingerprint density at radius 1 is 1.26 bits per heavy atom. The summed E-state index contributed by atoms with van der Waals surface area (Å²) in [5, 5.41) is 0. The second-order valence-electron chi connectivity index (χ2n) is 4.57. The Hall–Kier alpha value is -1.85. The molecule has 1 unspecified atom stereocenters. The molecule has 0 aromatic carbocycles. The number of hydrogen-bond acceptors (Lipinski definition) is 6. The van der Waals surface area contributed by atoms with E-state index < -0.39 is 5.92 Å². The van der Waals surface area contributed by atoms with Crippen molar-refractivity contribution in [3.8, 4) is 11.8 Å². The van der Waals surface area contributed by atoms with Gasteiger partial charge in [0, 0.05) is 0 Å². The number of ether oxygens (including phenoxy) is 3. The molecule has 19 heavy (non-hydrogen) atoms. The average molecular weight is 266 g/mol. The third-order valence-corrected chi connectivity index (χ3v) is 3.18. The highest BCUT2D eigenvalue weighted by Gasteiger charge is 2.33. The molecule has 6 heteroatoms. The summed E-state index contributed by atoms with van der Waals surface area (Å²) in [4.78, 5) is 20.4. The Morgan fingerprint density at radius 2 is 1.84 bits per heavy atom. The van der Waals surface area contributed by atoms with Crippen molar-refractivity contribution < 1.29 is 19.0 Å². The van der Waals surface area contributed by atoms with Crippen molar-refractivity contribution in [2.75, 3.05) is 21.3 Å². The van der Waals surface area contributed by atoms with Gasteiger partial charge in [0.15, 0.2) is 5.82 Å². The van der Waals surface area contributed by atoms with E-state index in [4.69, 9.17) is 14.2 Å². The summed E-state index contributed by atoms with van der Waals surface area (Å²) >= 11 is 0. The molecule has 1 aromatic rings. The van der Waals surface area contributed by atoms with E-state index in [0.29, 0.717) is 29.9 Å². The van der Waals surface area contributed by atoms with E-state index in [2.05, 4.69) is 9.97 Å². The molecule has 6 nitrogen and oxygen atoms in total. The van der Waals surface area contributed by atoms with Gasteiger partial charge in [-0.25, -0.2) is 0 Å². The largest absolute Gasteiger partial charge is 0.481 e. The Bertz CT molecular complexity index is 438. The fraction of sp³-hybridized carbons (Fsp3) is 0.615. The summed E-state index contributed by atoms with van der Waals surface area (Å²) in [6.45, 7) is 0. The molecular formula is C13H18N2O4. The number of rotatable bonds is 6. The van der Waals surface area contributed by atoms with Crippen LogP contribution in [0.2, 0.25) is 0 Å². The minimum Gasteiger partial charge on any atom is -0.481 e. The molecular weight excluding hydrogens is 248 g/mol. The number of aromatic nitrogens is 2. The van der Waals surface area contributed by atoms with Crippen LogP contribution in [0.5, 0.6) is 11.8 Å². The standard InChI is InChI=1S/C13H18N2O4/c1-17-10-7-11(18-2)15-12(14-10)9(13(16)19-3)6-8-4-5-8/h7-9H,4-6H2,1-3H3. The summed E-state index contributed by atoms with van der Waals surface area (Å²) in [5.74, 6) is 0.946. The number of hydrogen-bond donors (Lipinski definition) is 0. The van der Waals surface area contributed by atoms with Gasteiger partial charge in [0.2, 0.25) is 11.8 Å². The van der Waals surface area contributed by atoms with Crippen LogP contribution in [-0.4, -0.2) is 37.3 Å². The molecule has 1 fully saturated rings. The Morgan fingerprint density at radius 3 is 2.26 bits per heavy atom. The Labute approximate surface area is 112 Å². The summed E-state index contributed by atoms with van der Waals surface area (Å²) < 4.78 is 15.0. The lowest BCUT2D eigenvalue weighted by atomic mass is 10.0. The summed E-state index contributed by atoms with van der Waals surface area (Å²) in [5.41, 5.74) is 0. The molecule has 2 rings (SSSR count).